The average Bonchev–Trinajstić information content (AvgIpc) is 2.98. The number of rotatable bonds is 7. The molecule has 1 fully saturated rings. The molecule has 0 unspecified atom stereocenters. The number of carbonyl (C=O) groups is 3. The van der Waals surface area contributed by atoms with Gasteiger partial charge in [-0.3, -0.25) is 14.4 Å². The molecule has 5 nitrogen and oxygen atoms in total. The summed E-state index contributed by atoms with van der Waals surface area (Å²) < 4.78 is 5.23. The van der Waals surface area contributed by atoms with E-state index >= 15 is 0 Å². The zero-order valence-electron chi connectivity index (χ0n) is 15.2. The smallest absolute Gasteiger partial charge is 0.311 e. The second kappa shape index (κ2) is 9.13. The molecular formula is C21H25NO4. The van der Waals surface area contributed by atoms with Gasteiger partial charge in [0.1, 0.15) is 0 Å². The standard InChI is InChI=1S/C21H25NO4/c1-4-15-13-17(12-11-14(3)23)18(21(25)26-5-2)19(15)22-20(24)16-9-7-6-8-10-16/h4,6-12,15,17-19H,1,5,13H2,2-3H3,(H,22,24)/b12-11+/t15-,17+,18-,19-/m1/s1. The van der Waals surface area contributed by atoms with E-state index in [0.29, 0.717) is 12.0 Å². The van der Waals surface area contributed by atoms with E-state index in [4.69, 9.17) is 4.74 Å². The van der Waals surface area contributed by atoms with Gasteiger partial charge in [0.25, 0.3) is 5.91 Å². The van der Waals surface area contributed by atoms with Crippen LogP contribution in [0.4, 0.5) is 0 Å². The first-order chi connectivity index (χ1) is 12.5. The predicted molar refractivity (Wildman–Crippen MR) is 99.4 cm³/mol. The van der Waals surface area contributed by atoms with Crippen molar-refractivity contribution in [2.45, 2.75) is 26.3 Å². The van der Waals surface area contributed by atoms with E-state index in [1.54, 1.807) is 43.3 Å². The number of allylic oxidation sites excluding steroid dienone is 2. The molecule has 0 radical (unpaired) electrons. The molecule has 26 heavy (non-hydrogen) atoms. The van der Waals surface area contributed by atoms with Crippen molar-refractivity contribution in [3.8, 4) is 0 Å². The van der Waals surface area contributed by atoms with Crippen LogP contribution in [-0.4, -0.2) is 30.3 Å². The van der Waals surface area contributed by atoms with Gasteiger partial charge in [-0.2, -0.15) is 0 Å². The summed E-state index contributed by atoms with van der Waals surface area (Å²) in [6, 6.07) is 8.43. The highest BCUT2D eigenvalue weighted by atomic mass is 16.5. The minimum Gasteiger partial charge on any atom is -0.466 e. The monoisotopic (exact) mass is 355 g/mol. The molecule has 0 aromatic heterocycles. The Morgan fingerprint density at radius 3 is 2.50 bits per heavy atom. The molecule has 2 rings (SSSR count). The summed E-state index contributed by atoms with van der Waals surface area (Å²) in [5.74, 6) is -1.53. The zero-order valence-corrected chi connectivity index (χ0v) is 15.2. The van der Waals surface area contributed by atoms with Crippen LogP contribution in [0, 0.1) is 17.8 Å². The topological polar surface area (TPSA) is 72.5 Å². The fraction of sp³-hybridized carbons (Fsp3) is 0.381. The Morgan fingerprint density at radius 2 is 1.92 bits per heavy atom. The van der Waals surface area contributed by atoms with Crippen molar-refractivity contribution in [1.29, 1.82) is 0 Å². The number of hydrogen-bond acceptors (Lipinski definition) is 4. The van der Waals surface area contributed by atoms with Crippen LogP contribution < -0.4 is 5.32 Å². The van der Waals surface area contributed by atoms with Crippen molar-refractivity contribution in [2.24, 2.45) is 17.8 Å². The maximum atomic E-state index is 12.6. The van der Waals surface area contributed by atoms with Gasteiger partial charge >= 0.3 is 5.97 Å². The third kappa shape index (κ3) is 4.69. The number of hydrogen-bond donors (Lipinski definition) is 1. The van der Waals surface area contributed by atoms with Gasteiger partial charge in [-0.25, -0.2) is 0 Å². The van der Waals surface area contributed by atoms with Crippen LogP contribution in [0.1, 0.15) is 30.6 Å². The minimum absolute atomic E-state index is 0.0838. The number of ether oxygens (including phenoxy) is 1. The predicted octanol–water partition coefficient (Wildman–Crippen LogP) is 2.93. The molecule has 1 amide bonds. The van der Waals surface area contributed by atoms with Crippen LogP contribution in [0.25, 0.3) is 0 Å². The molecule has 1 saturated carbocycles. The third-order valence-corrected chi connectivity index (χ3v) is 4.63. The summed E-state index contributed by atoms with van der Waals surface area (Å²) in [4.78, 5) is 36.5. The van der Waals surface area contributed by atoms with Crippen molar-refractivity contribution in [2.75, 3.05) is 6.61 Å². The number of esters is 1. The van der Waals surface area contributed by atoms with Crippen molar-refractivity contribution in [3.05, 3.63) is 60.7 Å². The Morgan fingerprint density at radius 1 is 1.23 bits per heavy atom. The van der Waals surface area contributed by atoms with Gasteiger partial charge < -0.3 is 10.1 Å². The number of benzene rings is 1. The maximum absolute atomic E-state index is 12.6. The summed E-state index contributed by atoms with van der Waals surface area (Å²) in [6.07, 6.45) is 5.59. The van der Waals surface area contributed by atoms with E-state index in [1.165, 1.54) is 13.0 Å². The van der Waals surface area contributed by atoms with Crippen LogP contribution in [-0.2, 0) is 14.3 Å². The molecule has 1 N–H and O–H groups in total. The Hall–Kier alpha value is -2.69. The molecule has 1 aromatic carbocycles. The van der Waals surface area contributed by atoms with E-state index in [2.05, 4.69) is 11.9 Å². The lowest BCUT2D eigenvalue weighted by atomic mass is 9.92. The highest BCUT2D eigenvalue weighted by Crippen LogP contribution is 2.39. The van der Waals surface area contributed by atoms with Gasteiger partial charge in [0, 0.05) is 11.6 Å². The molecule has 138 valence electrons. The van der Waals surface area contributed by atoms with Gasteiger partial charge in [-0.05, 0) is 50.3 Å². The van der Waals surface area contributed by atoms with Gasteiger partial charge in [0.15, 0.2) is 5.78 Å². The molecule has 0 heterocycles. The molecule has 0 bridgehead atoms. The fourth-order valence-corrected chi connectivity index (χ4v) is 3.42. The minimum atomic E-state index is -0.554. The summed E-state index contributed by atoms with van der Waals surface area (Å²) in [6.45, 7) is 7.32. The second-order valence-corrected chi connectivity index (χ2v) is 6.41. The van der Waals surface area contributed by atoms with E-state index in [0.717, 1.165) is 0 Å². The number of amides is 1. The maximum Gasteiger partial charge on any atom is 0.311 e. The summed E-state index contributed by atoms with van der Waals surface area (Å²) in [5.41, 5.74) is 0.528. The summed E-state index contributed by atoms with van der Waals surface area (Å²) in [7, 11) is 0. The van der Waals surface area contributed by atoms with Crippen molar-refractivity contribution >= 4 is 17.7 Å². The zero-order chi connectivity index (χ0) is 19.1. The average molecular weight is 355 g/mol. The SMILES string of the molecule is C=C[C@@H]1C[C@H](/C=C/C(C)=O)[C@@H](C(=O)OCC)[C@@H]1NC(=O)c1ccccc1. The molecule has 5 heteroatoms. The molecule has 0 spiro atoms. The van der Waals surface area contributed by atoms with Crippen molar-refractivity contribution in [3.63, 3.8) is 0 Å². The third-order valence-electron chi connectivity index (χ3n) is 4.63. The first kappa shape index (κ1) is 19.6. The lowest BCUT2D eigenvalue weighted by Gasteiger charge is -2.24. The number of nitrogens with one attached hydrogen (secondary N) is 1. The second-order valence-electron chi connectivity index (χ2n) is 6.41. The van der Waals surface area contributed by atoms with E-state index in [-0.39, 0.29) is 36.1 Å². The highest BCUT2D eigenvalue weighted by molar-refractivity contribution is 5.94. The van der Waals surface area contributed by atoms with Gasteiger partial charge in [-0.15, -0.1) is 6.58 Å². The molecule has 1 aromatic rings. The van der Waals surface area contributed by atoms with E-state index < -0.39 is 12.0 Å². The quantitative estimate of drug-likeness (QED) is 0.464. The Bertz CT molecular complexity index is 695. The van der Waals surface area contributed by atoms with Crippen LogP contribution in [0.3, 0.4) is 0 Å². The van der Waals surface area contributed by atoms with Crippen LogP contribution in [0.2, 0.25) is 0 Å². The van der Waals surface area contributed by atoms with E-state index in [1.807, 2.05) is 6.07 Å². The molecule has 1 aliphatic rings. The first-order valence-corrected chi connectivity index (χ1v) is 8.81. The largest absolute Gasteiger partial charge is 0.466 e. The summed E-state index contributed by atoms with van der Waals surface area (Å²) >= 11 is 0. The number of carbonyl (C=O) groups excluding carboxylic acids is 3. The normalized spacial score (nSPS) is 25.0. The fourth-order valence-electron chi connectivity index (χ4n) is 3.42. The lowest BCUT2D eigenvalue weighted by molar-refractivity contribution is -0.149. The van der Waals surface area contributed by atoms with Gasteiger partial charge in [0.05, 0.1) is 12.5 Å². The highest BCUT2D eigenvalue weighted by Gasteiger charge is 2.46. The Balaban J connectivity index is 2.28. The molecule has 0 aliphatic heterocycles. The molecule has 4 atom stereocenters. The van der Waals surface area contributed by atoms with E-state index in [9.17, 15) is 14.4 Å². The Kier molecular flexibility index (Phi) is 6.89. The molecule has 0 saturated heterocycles. The van der Waals surface area contributed by atoms with Crippen LogP contribution in [0.15, 0.2) is 55.1 Å². The first-order valence-electron chi connectivity index (χ1n) is 8.81. The Labute approximate surface area is 154 Å². The van der Waals surface area contributed by atoms with Crippen LogP contribution in [0.5, 0.6) is 0 Å². The van der Waals surface area contributed by atoms with Crippen molar-refractivity contribution in [1.82, 2.24) is 5.32 Å². The lowest BCUT2D eigenvalue weighted by Crippen LogP contribution is -2.45. The van der Waals surface area contributed by atoms with Crippen molar-refractivity contribution < 1.29 is 19.1 Å². The van der Waals surface area contributed by atoms with Crippen LogP contribution >= 0.6 is 0 Å². The van der Waals surface area contributed by atoms with Gasteiger partial charge in [0.2, 0.25) is 0 Å². The molecule has 1 aliphatic carbocycles. The molecular weight excluding hydrogens is 330 g/mol. The summed E-state index contributed by atoms with van der Waals surface area (Å²) in [5, 5.41) is 2.97. The van der Waals surface area contributed by atoms with Gasteiger partial charge in [-0.1, -0.05) is 30.4 Å². The number of ketones is 1.